The number of esters is 1. The molecule has 8 nitrogen and oxygen atoms in total. The number of fused-ring (bicyclic) bond motifs is 1. The van der Waals surface area contributed by atoms with Crippen LogP contribution in [0.3, 0.4) is 0 Å². The van der Waals surface area contributed by atoms with Crippen LogP contribution in [0.1, 0.15) is 38.1 Å². The number of hydrogen-bond donors (Lipinski definition) is 1. The number of para-hydroxylation sites is 1. The monoisotopic (exact) mass is 440 g/mol. The van der Waals surface area contributed by atoms with Crippen molar-refractivity contribution in [3.63, 3.8) is 0 Å². The predicted octanol–water partition coefficient (Wildman–Crippen LogP) is 3.28. The molecular formula is C22H21ClN4O4. The molecule has 160 valence electrons. The number of benzene rings is 1. The van der Waals surface area contributed by atoms with Gasteiger partial charge in [-0.3, -0.25) is 19.0 Å². The highest BCUT2D eigenvalue weighted by Crippen LogP contribution is 2.34. The molecule has 1 aliphatic carbocycles. The first-order valence-electron chi connectivity index (χ1n) is 10.0. The SMILES string of the molecule is C[C@@H](OC(=O)CCc1nc2ccccc2c(=O)n1C1CC1)C(=O)Nc1ccc(Cl)cn1. The van der Waals surface area contributed by atoms with Gasteiger partial charge < -0.3 is 10.1 Å². The van der Waals surface area contributed by atoms with Gasteiger partial charge >= 0.3 is 5.97 Å². The highest BCUT2D eigenvalue weighted by atomic mass is 35.5. The average Bonchev–Trinajstić information content (AvgIpc) is 3.59. The summed E-state index contributed by atoms with van der Waals surface area (Å²) in [4.78, 5) is 46.0. The minimum atomic E-state index is -1.000. The van der Waals surface area contributed by atoms with Gasteiger partial charge in [-0.05, 0) is 44.0 Å². The Morgan fingerprint density at radius 2 is 2.03 bits per heavy atom. The molecule has 1 fully saturated rings. The zero-order chi connectivity index (χ0) is 22.0. The number of aryl methyl sites for hydroxylation is 1. The van der Waals surface area contributed by atoms with E-state index >= 15 is 0 Å². The van der Waals surface area contributed by atoms with Crippen LogP contribution in [0.2, 0.25) is 5.02 Å². The Morgan fingerprint density at radius 3 is 2.74 bits per heavy atom. The lowest BCUT2D eigenvalue weighted by atomic mass is 10.2. The standard InChI is InChI=1S/C22H21ClN4O4/c1-13(21(29)26-18-9-6-14(23)12-24-18)31-20(28)11-10-19-25-17-5-3-2-4-16(17)22(30)27(19)15-7-8-15/h2-6,9,12-13,15H,7-8,10-11H2,1H3,(H,24,26,29)/t13-/m1/s1. The number of anilines is 1. The molecule has 0 radical (unpaired) electrons. The Bertz CT molecular complexity index is 1190. The van der Waals surface area contributed by atoms with Gasteiger partial charge in [0.2, 0.25) is 0 Å². The van der Waals surface area contributed by atoms with Crippen LogP contribution in [0.15, 0.2) is 47.4 Å². The first-order chi connectivity index (χ1) is 14.9. The Balaban J connectivity index is 1.40. The molecule has 1 atom stereocenters. The molecule has 1 saturated carbocycles. The highest BCUT2D eigenvalue weighted by Gasteiger charge is 2.28. The second-order valence-electron chi connectivity index (χ2n) is 7.43. The van der Waals surface area contributed by atoms with Crippen LogP contribution in [-0.2, 0) is 20.7 Å². The number of carbonyl (C=O) groups excluding carboxylic acids is 2. The van der Waals surface area contributed by atoms with Crippen molar-refractivity contribution in [3.8, 4) is 0 Å². The molecule has 1 amide bonds. The summed E-state index contributed by atoms with van der Waals surface area (Å²) in [5.41, 5.74) is 0.524. The highest BCUT2D eigenvalue weighted by molar-refractivity contribution is 6.30. The van der Waals surface area contributed by atoms with Gasteiger partial charge in [0.05, 0.1) is 22.3 Å². The number of ether oxygens (including phenoxy) is 1. The predicted molar refractivity (Wildman–Crippen MR) is 116 cm³/mol. The van der Waals surface area contributed by atoms with Gasteiger partial charge in [-0.1, -0.05) is 23.7 Å². The lowest BCUT2D eigenvalue weighted by molar-refractivity contribution is -0.153. The molecule has 0 spiro atoms. The number of halogens is 1. The zero-order valence-corrected chi connectivity index (χ0v) is 17.6. The van der Waals surface area contributed by atoms with Gasteiger partial charge in [0.1, 0.15) is 11.6 Å². The summed E-state index contributed by atoms with van der Waals surface area (Å²) in [5.74, 6) is -0.171. The Morgan fingerprint density at radius 1 is 1.26 bits per heavy atom. The first-order valence-corrected chi connectivity index (χ1v) is 10.4. The summed E-state index contributed by atoms with van der Waals surface area (Å²) >= 11 is 5.77. The van der Waals surface area contributed by atoms with Crippen molar-refractivity contribution < 1.29 is 14.3 Å². The average molecular weight is 441 g/mol. The van der Waals surface area contributed by atoms with Crippen molar-refractivity contribution in [2.45, 2.75) is 44.8 Å². The maximum Gasteiger partial charge on any atom is 0.307 e. The summed E-state index contributed by atoms with van der Waals surface area (Å²) < 4.78 is 6.94. The van der Waals surface area contributed by atoms with Crippen molar-refractivity contribution >= 4 is 40.2 Å². The fourth-order valence-corrected chi connectivity index (χ4v) is 3.39. The minimum absolute atomic E-state index is 0.00825. The fourth-order valence-electron chi connectivity index (χ4n) is 3.28. The number of rotatable bonds is 7. The van der Waals surface area contributed by atoms with E-state index in [1.54, 1.807) is 28.8 Å². The lowest BCUT2D eigenvalue weighted by Crippen LogP contribution is -2.30. The normalized spacial score (nSPS) is 14.3. The van der Waals surface area contributed by atoms with Crippen LogP contribution in [0.5, 0.6) is 0 Å². The van der Waals surface area contributed by atoms with E-state index in [0.717, 1.165) is 12.8 Å². The van der Waals surface area contributed by atoms with Crippen LogP contribution in [0.25, 0.3) is 10.9 Å². The van der Waals surface area contributed by atoms with Gasteiger partial charge in [-0.25, -0.2) is 9.97 Å². The summed E-state index contributed by atoms with van der Waals surface area (Å²) in [5, 5.41) is 3.58. The Labute approximate surface area is 183 Å². The quantitative estimate of drug-likeness (QED) is 0.565. The largest absolute Gasteiger partial charge is 0.453 e. The third-order valence-electron chi connectivity index (χ3n) is 5.00. The number of carbonyl (C=O) groups is 2. The molecule has 2 aromatic heterocycles. The first kappa shape index (κ1) is 21.0. The van der Waals surface area contributed by atoms with E-state index in [1.165, 1.54) is 13.1 Å². The number of aromatic nitrogens is 3. The maximum atomic E-state index is 12.9. The van der Waals surface area contributed by atoms with Crippen molar-refractivity contribution in [3.05, 3.63) is 63.8 Å². The summed E-state index contributed by atoms with van der Waals surface area (Å²) in [6, 6.07) is 10.5. The minimum Gasteiger partial charge on any atom is -0.453 e. The number of hydrogen-bond acceptors (Lipinski definition) is 6. The molecular weight excluding hydrogens is 420 g/mol. The topological polar surface area (TPSA) is 103 Å². The number of nitrogens with zero attached hydrogens (tertiary/aromatic N) is 3. The van der Waals surface area contributed by atoms with E-state index in [9.17, 15) is 14.4 Å². The Kier molecular flexibility index (Phi) is 5.99. The van der Waals surface area contributed by atoms with Crippen LogP contribution in [-0.4, -0.2) is 32.5 Å². The lowest BCUT2D eigenvalue weighted by Gasteiger charge is -2.15. The van der Waals surface area contributed by atoms with Gasteiger partial charge in [0.25, 0.3) is 11.5 Å². The summed E-state index contributed by atoms with van der Waals surface area (Å²) in [6.45, 7) is 1.48. The van der Waals surface area contributed by atoms with Crippen molar-refractivity contribution in [1.29, 1.82) is 0 Å². The van der Waals surface area contributed by atoms with Crippen LogP contribution < -0.4 is 10.9 Å². The van der Waals surface area contributed by atoms with E-state index < -0.39 is 18.0 Å². The van der Waals surface area contributed by atoms with Crippen LogP contribution in [0, 0.1) is 0 Å². The van der Waals surface area contributed by atoms with E-state index in [-0.39, 0.29) is 24.4 Å². The van der Waals surface area contributed by atoms with E-state index in [0.29, 0.717) is 27.6 Å². The van der Waals surface area contributed by atoms with Crippen molar-refractivity contribution in [2.75, 3.05) is 5.32 Å². The van der Waals surface area contributed by atoms with Crippen molar-refractivity contribution in [2.24, 2.45) is 0 Å². The maximum absolute atomic E-state index is 12.9. The molecule has 31 heavy (non-hydrogen) atoms. The molecule has 0 bridgehead atoms. The van der Waals surface area contributed by atoms with Crippen LogP contribution >= 0.6 is 11.6 Å². The third kappa shape index (κ3) is 4.91. The second kappa shape index (κ2) is 8.85. The molecule has 1 aromatic carbocycles. The zero-order valence-electron chi connectivity index (χ0n) is 16.9. The Hall–Kier alpha value is -3.26. The van der Waals surface area contributed by atoms with E-state index in [4.69, 9.17) is 16.3 Å². The summed E-state index contributed by atoms with van der Waals surface area (Å²) in [6.07, 6.45) is 2.52. The molecule has 1 N–H and O–H groups in total. The molecule has 2 heterocycles. The van der Waals surface area contributed by atoms with E-state index in [1.807, 2.05) is 12.1 Å². The molecule has 1 aliphatic rings. The molecule has 0 saturated heterocycles. The number of amides is 1. The van der Waals surface area contributed by atoms with Gasteiger partial charge in [-0.2, -0.15) is 0 Å². The molecule has 9 heteroatoms. The fraction of sp³-hybridized carbons (Fsp3) is 0.318. The van der Waals surface area contributed by atoms with Gasteiger partial charge in [0, 0.05) is 18.7 Å². The van der Waals surface area contributed by atoms with Gasteiger partial charge in [0.15, 0.2) is 6.10 Å². The molecule has 4 rings (SSSR count). The van der Waals surface area contributed by atoms with Crippen LogP contribution in [0.4, 0.5) is 5.82 Å². The van der Waals surface area contributed by atoms with Gasteiger partial charge in [-0.15, -0.1) is 0 Å². The molecule has 3 aromatic rings. The third-order valence-corrected chi connectivity index (χ3v) is 5.23. The smallest absolute Gasteiger partial charge is 0.307 e. The molecule has 0 aliphatic heterocycles. The number of pyridine rings is 1. The van der Waals surface area contributed by atoms with E-state index in [2.05, 4.69) is 15.3 Å². The summed E-state index contributed by atoms with van der Waals surface area (Å²) in [7, 11) is 0. The number of nitrogens with one attached hydrogen (secondary N) is 1. The van der Waals surface area contributed by atoms with Crippen molar-refractivity contribution in [1.82, 2.24) is 14.5 Å². The molecule has 0 unspecified atom stereocenters. The second-order valence-corrected chi connectivity index (χ2v) is 7.87.